The largest absolute Gasteiger partial charge is 0.480 e. The molecule has 3 aliphatic rings. The first-order valence-electron chi connectivity index (χ1n) is 8.32. The molecule has 0 aromatic carbocycles. The number of nitrogens with zero attached hydrogens (tertiary/aromatic N) is 1. The van der Waals surface area contributed by atoms with Crippen molar-refractivity contribution in [2.45, 2.75) is 75.9 Å². The summed E-state index contributed by atoms with van der Waals surface area (Å²) < 4.78 is 0. The average molecular weight is 280 g/mol. The molecule has 3 aliphatic carbocycles. The molecule has 0 saturated heterocycles. The van der Waals surface area contributed by atoms with Gasteiger partial charge in [0, 0.05) is 18.6 Å². The summed E-state index contributed by atoms with van der Waals surface area (Å²) in [4.78, 5) is 14.1. The lowest BCUT2D eigenvalue weighted by Gasteiger charge is -2.28. The van der Waals surface area contributed by atoms with Gasteiger partial charge in [-0.05, 0) is 70.8 Å². The van der Waals surface area contributed by atoms with E-state index in [1.165, 1.54) is 32.2 Å². The van der Waals surface area contributed by atoms with Gasteiger partial charge in [-0.3, -0.25) is 10.1 Å². The minimum absolute atomic E-state index is 0.446. The molecule has 2 N–H and O–H groups in total. The highest BCUT2D eigenvalue weighted by Crippen LogP contribution is 2.35. The average Bonchev–Trinajstić information content (AvgIpc) is 3.25. The number of carboxylic acid groups (broad SMARTS) is 1. The van der Waals surface area contributed by atoms with Crippen LogP contribution in [0, 0.1) is 5.92 Å². The van der Waals surface area contributed by atoms with Crippen molar-refractivity contribution in [1.29, 1.82) is 0 Å². The highest BCUT2D eigenvalue weighted by Gasteiger charge is 2.39. The van der Waals surface area contributed by atoms with Gasteiger partial charge in [0.05, 0.1) is 0 Å². The summed E-state index contributed by atoms with van der Waals surface area (Å²) in [7, 11) is 0. The molecule has 114 valence electrons. The third kappa shape index (κ3) is 3.95. The summed E-state index contributed by atoms with van der Waals surface area (Å²) in [5.41, 5.74) is -0.726. The van der Waals surface area contributed by atoms with Crippen molar-refractivity contribution in [2.24, 2.45) is 5.92 Å². The second-order valence-electron chi connectivity index (χ2n) is 7.33. The first-order valence-corrected chi connectivity index (χ1v) is 8.32. The number of nitrogens with one attached hydrogen (secondary N) is 1. The maximum absolute atomic E-state index is 11.5. The van der Waals surface area contributed by atoms with E-state index in [2.05, 4.69) is 10.2 Å². The van der Waals surface area contributed by atoms with Crippen LogP contribution in [0.2, 0.25) is 0 Å². The van der Waals surface area contributed by atoms with E-state index >= 15 is 0 Å². The van der Waals surface area contributed by atoms with Crippen molar-refractivity contribution in [3.8, 4) is 0 Å². The molecule has 0 spiro atoms. The molecule has 3 rings (SSSR count). The smallest absolute Gasteiger partial charge is 0.323 e. The number of carboxylic acids is 1. The Morgan fingerprint density at radius 2 is 1.95 bits per heavy atom. The van der Waals surface area contributed by atoms with Crippen LogP contribution >= 0.6 is 0 Å². The summed E-state index contributed by atoms with van der Waals surface area (Å²) in [5.74, 6) is 0.246. The monoisotopic (exact) mass is 280 g/mol. The summed E-state index contributed by atoms with van der Waals surface area (Å²) in [6.45, 7) is 4.19. The lowest BCUT2D eigenvalue weighted by molar-refractivity contribution is -0.144. The van der Waals surface area contributed by atoms with Gasteiger partial charge in [-0.2, -0.15) is 0 Å². The minimum atomic E-state index is -0.726. The Labute approximate surface area is 121 Å². The number of hydrogen-bond acceptors (Lipinski definition) is 3. The molecule has 0 heterocycles. The Bertz CT molecular complexity index is 361. The Hall–Kier alpha value is -0.610. The molecular formula is C16H28N2O2. The Morgan fingerprint density at radius 3 is 2.45 bits per heavy atom. The van der Waals surface area contributed by atoms with Crippen LogP contribution in [0.15, 0.2) is 0 Å². The molecule has 0 amide bonds. The number of aliphatic carboxylic acids is 1. The molecule has 3 fully saturated rings. The second kappa shape index (κ2) is 5.64. The van der Waals surface area contributed by atoms with E-state index in [1.54, 1.807) is 0 Å². The van der Waals surface area contributed by atoms with Crippen molar-refractivity contribution >= 4 is 5.97 Å². The molecular weight excluding hydrogens is 252 g/mol. The van der Waals surface area contributed by atoms with Gasteiger partial charge in [0.25, 0.3) is 0 Å². The van der Waals surface area contributed by atoms with E-state index in [0.29, 0.717) is 6.04 Å². The maximum Gasteiger partial charge on any atom is 0.323 e. The van der Waals surface area contributed by atoms with E-state index in [-0.39, 0.29) is 0 Å². The first kappa shape index (κ1) is 14.3. The zero-order chi connectivity index (χ0) is 14.2. The van der Waals surface area contributed by atoms with E-state index in [9.17, 15) is 9.90 Å². The van der Waals surface area contributed by atoms with Gasteiger partial charge in [0.2, 0.25) is 0 Å². The maximum atomic E-state index is 11.5. The predicted octanol–water partition coefficient (Wildman–Crippen LogP) is 2.24. The van der Waals surface area contributed by atoms with Gasteiger partial charge in [0.1, 0.15) is 5.54 Å². The summed E-state index contributed by atoms with van der Waals surface area (Å²) in [5, 5.41) is 12.8. The predicted molar refractivity (Wildman–Crippen MR) is 78.8 cm³/mol. The molecule has 1 unspecified atom stereocenters. The highest BCUT2D eigenvalue weighted by atomic mass is 16.4. The van der Waals surface area contributed by atoms with Crippen LogP contribution in [0.4, 0.5) is 0 Å². The van der Waals surface area contributed by atoms with Crippen molar-refractivity contribution < 1.29 is 9.90 Å². The van der Waals surface area contributed by atoms with Crippen LogP contribution in [-0.4, -0.2) is 46.7 Å². The molecule has 4 nitrogen and oxygen atoms in total. The fourth-order valence-corrected chi connectivity index (χ4v) is 3.05. The fourth-order valence-electron chi connectivity index (χ4n) is 3.05. The third-order valence-corrected chi connectivity index (χ3v) is 4.95. The topological polar surface area (TPSA) is 52.6 Å². The van der Waals surface area contributed by atoms with E-state index < -0.39 is 11.5 Å². The van der Waals surface area contributed by atoms with Gasteiger partial charge in [-0.25, -0.2) is 0 Å². The third-order valence-electron chi connectivity index (χ3n) is 4.95. The zero-order valence-electron chi connectivity index (χ0n) is 12.6. The lowest BCUT2D eigenvalue weighted by Crippen LogP contribution is -2.51. The standard InChI is InChI=1S/C16H28N2O2/c1-16(15(19)20,17-13-5-6-13)9-2-10-18(14-7-8-14)11-12-3-4-12/h12-14,17H,2-11H2,1H3,(H,19,20). The normalized spacial score (nSPS) is 25.7. The molecule has 0 aromatic heterocycles. The summed E-state index contributed by atoms with van der Waals surface area (Å²) in [6.07, 6.45) is 9.51. The molecule has 3 saturated carbocycles. The number of carbonyl (C=O) groups is 1. The minimum Gasteiger partial charge on any atom is -0.480 e. The van der Waals surface area contributed by atoms with E-state index in [4.69, 9.17) is 0 Å². The molecule has 1 atom stereocenters. The Kier molecular flexibility index (Phi) is 4.04. The molecule has 0 aromatic rings. The Morgan fingerprint density at radius 1 is 1.25 bits per heavy atom. The Balaban J connectivity index is 1.44. The van der Waals surface area contributed by atoms with Crippen molar-refractivity contribution in [3.63, 3.8) is 0 Å². The van der Waals surface area contributed by atoms with Gasteiger partial charge in [-0.1, -0.05) is 0 Å². The quantitative estimate of drug-likeness (QED) is 0.644. The summed E-state index contributed by atoms with van der Waals surface area (Å²) >= 11 is 0. The van der Waals surface area contributed by atoms with Gasteiger partial charge < -0.3 is 10.0 Å². The van der Waals surface area contributed by atoms with Crippen LogP contribution in [0.3, 0.4) is 0 Å². The molecule has 4 heteroatoms. The fraction of sp³-hybridized carbons (Fsp3) is 0.938. The van der Waals surface area contributed by atoms with Crippen LogP contribution in [0.1, 0.15) is 58.3 Å². The van der Waals surface area contributed by atoms with Crippen LogP contribution < -0.4 is 5.32 Å². The zero-order valence-corrected chi connectivity index (χ0v) is 12.6. The van der Waals surface area contributed by atoms with E-state index in [1.807, 2.05) is 6.92 Å². The molecule has 0 bridgehead atoms. The number of hydrogen-bond donors (Lipinski definition) is 2. The van der Waals surface area contributed by atoms with Crippen LogP contribution in [-0.2, 0) is 4.79 Å². The lowest BCUT2D eigenvalue weighted by atomic mass is 9.95. The van der Waals surface area contributed by atoms with Gasteiger partial charge in [-0.15, -0.1) is 0 Å². The first-order chi connectivity index (χ1) is 9.57. The van der Waals surface area contributed by atoms with Crippen molar-refractivity contribution in [2.75, 3.05) is 13.1 Å². The van der Waals surface area contributed by atoms with E-state index in [0.717, 1.165) is 44.2 Å². The van der Waals surface area contributed by atoms with Gasteiger partial charge in [0.15, 0.2) is 0 Å². The summed E-state index contributed by atoms with van der Waals surface area (Å²) in [6, 6.07) is 1.25. The van der Waals surface area contributed by atoms with Crippen molar-refractivity contribution in [1.82, 2.24) is 10.2 Å². The molecule has 20 heavy (non-hydrogen) atoms. The van der Waals surface area contributed by atoms with Crippen LogP contribution in [0.5, 0.6) is 0 Å². The SMILES string of the molecule is CC(CCCN(CC1CC1)C1CC1)(NC1CC1)C(=O)O. The highest BCUT2D eigenvalue weighted by molar-refractivity contribution is 5.78. The van der Waals surface area contributed by atoms with Crippen LogP contribution in [0.25, 0.3) is 0 Å². The molecule has 0 radical (unpaired) electrons. The number of rotatable bonds is 10. The second-order valence-corrected chi connectivity index (χ2v) is 7.33. The molecule has 0 aliphatic heterocycles. The van der Waals surface area contributed by atoms with Crippen molar-refractivity contribution in [3.05, 3.63) is 0 Å². The van der Waals surface area contributed by atoms with Gasteiger partial charge >= 0.3 is 5.97 Å².